The lowest BCUT2D eigenvalue weighted by Gasteiger charge is -2.05. The van der Waals surface area contributed by atoms with Crippen LogP contribution < -0.4 is 11.1 Å². The van der Waals surface area contributed by atoms with Crippen LogP contribution in [0.3, 0.4) is 0 Å². The van der Waals surface area contributed by atoms with Gasteiger partial charge in [0, 0.05) is 24.9 Å². The van der Waals surface area contributed by atoms with Gasteiger partial charge >= 0.3 is 0 Å². The highest BCUT2D eigenvalue weighted by Crippen LogP contribution is 1.86. The Morgan fingerprint density at radius 3 is 2.78 bits per heavy atom. The molecule has 0 amide bonds. The zero-order valence-corrected chi connectivity index (χ0v) is 7.00. The Morgan fingerprint density at radius 2 is 2.33 bits per heavy atom. The molecule has 0 saturated heterocycles. The average Bonchev–Trinajstić information content (AvgIpc) is 1.80. The van der Waals surface area contributed by atoms with Gasteiger partial charge in [0.25, 0.3) is 0 Å². The van der Waals surface area contributed by atoms with Gasteiger partial charge in [-0.2, -0.15) is 11.8 Å². The topological polar surface area (TPSA) is 38.0 Å². The van der Waals surface area contributed by atoms with Crippen LogP contribution in [0.1, 0.15) is 6.92 Å². The fourth-order valence-electron chi connectivity index (χ4n) is 0.504. The van der Waals surface area contributed by atoms with E-state index < -0.39 is 0 Å². The summed E-state index contributed by atoms with van der Waals surface area (Å²) in [6.45, 7) is 4.01. The van der Waals surface area contributed by atoms with E-state index in [9.17, 15) is 0 Å². The fraction of sp³-hybridized carbons (Fsp3) is 1.00. The molecule has 0 aliphatic carbocycles. The molecule has 0 rings (SSSR count). The minimum atomic E-state index is 0.284. The van der Waals surface area contributed by atoms with Crippen molar-refractivity contribution in [3.05, 3.63) is 0 Å². The van der Waals surface area contributed by atoms with Crippen molar-refractivity contribution in [1.82, 2.24) is 5.32 Å². The van der Waals surface area contributed by atoms with Crippen molar-refractivity contribution < 1.29 is 0 Å². The first-order valence-corrected chi connectivity index (χ1v) is 4.62. The van der Waals surface area contributed by atoms with Crippen LogP contribution in [-0.2, 0) is 0 Å². The van der Waals surface area contributed by atoms with Gasteiger partial charge in [-0.25, -0.2) is 0 Å². The number of hydrogen-bond donors (Lipinski definition) is 2. The van der Waals surface area contributed by atoms with E-state index in [1.165, 1.54) is 5.75 Å². The Balaban J connectivity index is 2.75. The monoisotopic (exact) mass is 148 g/mol. The maximum absolute atomic E-state index is 5.51. The average molecular weight is 148 g/mol. The number of hydrogen-bond acceptors (Lipinski definition) is 3. The lowest BCUT2D eigenvalue weighted by molar-refractivity contribution is 0.629. The van der Waals surface area contributed by atoms with E-state index in [1.807, 2.05) is 18.7 Å². The first-order valence-electron chi connectivity index (χ1n) is 3.22. The summed E-state index contributed by atoms with van der Waals surface area (Å²) in [5, 5.41) is 3.24. The SMILES string of the molecule is CSCCNCC(C)N. The molecule has 0 fully saturated rings. The second kappa shape index (κ2) is 6.39. The van der Waals surface area contributed by atoms with Gasteiger partial charge in [0.05, 0.1) is 0 Å². The normalized spacial score (nSPS) is 13.7. The van der Waals surface area contributed by atoms with E-state index >= 15 is 0 Å². The van der Waals surface area contributed by atoms with Crippen molar-refractivity contribution in [2.45, 2.75) is 13.0 Å². The first kappa shape index (κ1) is 9.27. The molecule has 3 N–H and O–H groups in total. The summed E-state index contributed by atoms with van der Waals surface area (Å²) in [6.07, 6.45) is 2.10. The molecule has 0 heterocycles. The van der Waals surface area contributed by atoms with Crippen molar-refractivity contribution in [2.75, 3.05) is 25.1 Å². The van der Waals surface area contributed by atoms with Gasteiger partial charge < -0.3 is 11.1 Å². The number of nitrogens with two attached hydrogens (primary N) is 1. The van der Waals surface area contributed by atoms with Crippen molar-refractivity contribution in [3.8, 4) is 0 Å². The minimum absolute atomic E-state index is 0.284. The third-order valence-corrected chi connectivity index (χ3v) is 1.56. The molecule has 0 aromatic carbocycles. The van der Waals surface area contributed by atoms with Crippen LogP contribution in [0.5, 0.6) is 0 Å². The highest BCUT2D eigenvalue weighted by molar-refractivity contribution is 7.98. The predicted octanol–water partition coefficient (Wildman–Crippen LogP) is 0.286. The molecule has 3 heteroatoms. The molecule has 1 unspecified atom stereocenters. The van der Waals surface area contributed by atoms with E-state index in [0.717, 1.165) is 13.1 Å². The third-order valence-electron chi connectivity index (χ3n) is 0.949. The summed E-state index contributed by atoms with van der Waals surface area (Å²) in [5.74, 6) is 1.17. The van der Waals surface area contributed by atoms with Crippen molar-refractivity contribution in [2.24, 2.45) is 5.73 Å². The minimum Gasteiger partial charge on any atom is -0.327 e. The van der Waals surface area contributed by atoms with Crippen LogP contribution in [0, 0.1) is 0 Å². The lowest BCUT2D eigenvalue weighted by Crippen LogP contribution is -2.32. The second-order valence-corrected chi connectivity index (χ2v) is 3.16. The van der Waals surface area contributed by atoms with Crippen molar-refractivity contribution in [1.29, 1.82) is 0 Å². The van der Waals surface area contributed by atoms with E-state index in [0.29, 0.717) is 0 Å². The van der Waals surface area contributed by atoms with Crippen LogP contribution >= 0.6 is 11.8 Å². The molecule has 0 bridgehead atoms. The predicted molar refractivity (Wildman–Crippen MR) is 44.9 cm³/mol. The molecule has 0 saturated carbocycles. The third kappa shape index (κ3) is 8.27. The zero-order valence-electron chi connectivity index (χ0n) is 6.18. The summed E-state index contributed by atoms with van der Waals surface area (Å²) in [6, 6.07) is 0.284. The maximum Gasteiger partial charge on any atom is 0.0136 e. The van der Waals surface area contributed by atoms with E-state index in [-0.39, 0.29) is 6.04 Å². The molecule has 2 nitrogen and oxygen atoms in total. The summed E-state index contributed by atoms with van der Waals surface area (Å²) >= 11 is 1.85. The molecule has 9 heavy (non-hydrogen) atoms. The Labute approximate surface area is 61.6 Å². The molecule has 0 spiro atoms. The van der Waals surface area contributed by atoms with Gasteiger partial charge in [-0.3, -0.25) is 0 Å². The maximum atomic E-state index is 5.51. The largest absolute Gasteiger partial charge is 0.327 e. The molecular weight excluding hydrogens is 132 g/mol. The molecule has 0 aromatic heterocycles. The highest BCUT2D eigenvalue weighted by Gasteiger charge is 1.90. The van der Waals surface area contributed by atoms with Gasteiger partial charge in [0.15, 0.2) is 0 Å². The zero-order chi connectivity index (χ0) is 7.11. The number of rotatable bonds is 5. The second-order valence-electron chi connectivity index (χ2n) is 2.17. The van der Waals surface area contributed by atoms with E-state index in [1.54, 1.807) is 0 Å². The van der Waals surface area contributed by atoms with Crippen LogP contribution in [0.25, 0.3) is 0 Å². The van der Waals surface area contributed by atoms with E-state index in [2.05, 4.69) is 11.6 Å². The molecule has 0 aliphatic heterocycles. The Kier molecular flexibility index (Phi) is 6.58. The number of thioether (sulfide) groups is 1. The molecule has 1 atom stereocenters. The molecule has 0 aromatic rings. The summed E-state index contributed by atoms with van der Waals surface area (Å²) in [7, 11) is 0. The molecular formula is C6H16N2S. The highest BCUT2D eigenvalue weighted by atomic mass is 32.2. The van der Waals surface area contributed by atoms with Crippen LogP contribution in [0.4, 0.5) is 0 Å². The summed E-state index contributed by atoms with van der Waals surface area (Å²) in [5.41, 5.74) is 5.51. The molecule has 0 aliphatic rings. The van der Waals surface area contributed by atoms with Crippen molar-refractivity contribution in [3.63, 3.8) is 0 Å². The van der Waals surface area contributed by atoms with Crippen LogP contribution in [0.15, 0.2) is 0 Å². The summed E-state index contributed by atoms with van der Waals surface area (Å²) < 4.78 is 0. The van der Waals surface area contributed by atoms with Gasteiger partial charge in [-0.1, -0.05) is 0 Å². The fourth-order valence-corrected chi connectivity index (χ4v) is 0.852. The quantitative estimate of drug-likeness (QED) is 0.550. The van der Waals surface area contributed by atoms with Gasteiger partial charge in [-0.15, -0.1) is 0 Å². The van der Waals surface area contributed by atoms with Crippen LogP contribution in [0.2, 0.25) is 0 Å². The molecule has 56 valence electrons. The Morgan fingerprint density at radius 1 is 1.67 bits per heavy atom. The van der Waals surface area contributed by atoms with Crippen LogP contribution in [-0.4, -0.2) is 31.1 Å². The summed E-state index contributed by atoms with van der Waals surface area (Å²) in [4.78, 5) is 0. The van der Waals surface area contributed by atoms with Crippen molar-refractivity contribution >= 4 is 11.8 Å². The molecule has 0 radical (unpaired) electrons. The lowest BCUT2D eigenvalue weighted by atomic mass is 10.4. The number of nitrogens with one attached hydrogen (secondary N) is 1. The Hall–Kier alpha value is 0.270. The smallest absolute Gasteiger partial charge is 0.0136 e. The van der Waals surface area contributed by atoms with Gasteiger partial charge in [-0.05, 0) is 13.2 Å². The van der Waals surface area contributed by atoms with Gasteiger partial charge in [0.2, 0.25) is 0 Å². The first-order chi connectivity index (χ1) is 4.27. The Bertz CT molecular complexity index is 57.0. The van der Waals surface area contributed by atoms with E-state index in [4.69, 9.17) is 5.73 Å². The van der Waals surface area contributed by atoms with Gasteiger partial charge in [0.1, 0.15) is 0 Å². The standard InChI is InChI=1S/C6H16N2S/c1-6(7)5-8-3-4-9-2/h6,8H,3-5,7H2,1-2H3.